The summed E-state index contributed by atoms with van der Waals surface area (Å²) in [5.41, 5.74) is 6.63. The Labute approximate surface area is 99.9 Å². The van der Waals surface area contributed by atoms with Gasteiger partial charge in [0.2, 0.25) is 0 Å². The van der Waals surface area contributed by atoms with Crippen molar-refractivity contribution in [1.29, 1.82) is 0 Å². The van der Waals surface area contributed by atoms with Crippen LogP contribution in [0.5, 0.6) is 0 Å². The van der Waals surface area contributed by atoms with Crippen LogP contribution < -0.4 is 11.1 Å². The monoisotopic (exact) mass is 236 g/mol. The molecule has 92 valence electrons. The second-order valence-corrected chi connectivity index (χ2v) is 3.49. The number of aryl methyl sites for hydroxylation is 1. The number of carbonyl (C=O) groups is 2. The fourth-order valence-electron chi connectivity index (χ4n) is 1.38. The first-order valence-electron chi connectivity index (χ1n) is 5.43. The molecule has 0 aliphatic rings. The molecule has 1 aromatic carbocycles. The molecule has 0 aromatic heterocycles. The van der Waals surface area contributed by atoms with Gasteiger partial charge >= 0.3 is 12.0 Å². The maximum atomic E-state index is 11.1. The Morgan fingerprint density at radius 3 is 2.47 bits per heavy atom. The maximum absolute atomic E-state index is 11.1. The van der Waals surface area contributed by atoms with Crippen molar-refractivity contribution in [3.05, 3.63) is 29.8 Å². The molecule has 5 heteroatoms. The summed E-state index contributed by atoms with van der Waals surface area (Å²) in [7, 11) is 0. The highest BCUT2D eigenvalue weighted by atomic mass is 16.5. The molecule has 0 radical (unpaired) electrons. The maximum Gasteiger partial charge on any atom is 0.316 e. The van der Waals surface area contributed by atoms with E-state index in [0.717, 1.165) is 5.56 Å². The van der Waals surface area contributed by atoms with Gasteiger partial charge in [0.15, 0.2) is 0 Å². The molecule has 0 saturated heterocycles. The third-order valence-corrected chi connectivity index (χ3v) is 2.14. The topological polar surface area (TPSA) is 81.4 Å². The van der Waals surface area contributed by atoms with Crippen molar-refractivity contribution in [1.82, 2.24) is 0 Å². The molecule has 0 spiro atoms. The number of benzene rings is 1. The molecule has 0 aliphatic carbocycles. The minimum Gasteiger partial charge on any atom is -0.466 e. The van der Waals surface area contributed by atoms with Crippen molar-refractivity contribution in [2.24, 2.45) is 5.73 Å². The summed E-state index contributed by atoms with van der Waals surface area (Å²) < 4.78 is 4.83. The molecule has 0 saturated carbocycles. The number of esters is 1. The van der Waals surface area contributed by atoms with Gasteiger partial charge in [0.1, 0.15) is 0 Å². The minimum atomic E-state index is -0.593. The Hall–Kier alpha value is -2.04. The van der Waals surface area contributed by atoms with Crippen LogP contribution in [-0.2, 0) is 16.0 Å². The molecule has 0 heterocycles. The van der Waals surface area contributed by atoms with Gasteiger partial charge in [-0.15, -0.1) is 0 Å². The highest BCUT2D eigenvalue weighted by Crippen LogP contribution is 2.11. The highest BCUT2D eigenvalue weighted by Gasteiger charge is 2.02. The number of nitrogens with one attached hydrogen (secondary N) is 1. The number of hydrogen-bond acceptors (Lipinski definition) is 3. The lowest BCUT2D eigenvalue weighted by Crippen LogP contribution is -2.19. The number of hydrogen-bond donors (Lipinski definition) is 2. The molecule has 5 nitrogen and oxygen atoms in total. The van der Waals surface area contributed by atoms with Crippen molar-refractivity contribution in [2.75, 3.05) is 11.9 Å². The number of carbonyl (C=O) groups excluding carboxylic acids is 2. The van der Waals surface area contributed by atoms with Crippen molar-refractivity contribution >= 4 is 17.7 Å². The molecule has 2 amide bonds. The van der Waals surface area contributed by atoms with Crippen LogP contribution in [0.1, 0.15) is 18.9 Å². The zero-order valence-corrected chi connectivity index (χ0v) is 9.73. The molecule has 0 aliphatic heterocycles. The van der Waals surface area contributed by atoms with Gasteiger partial charge in [0, 0.05) is 12.1 Å². The SMILES string of the molecule is CCOC(=O)CCc1ccc(NC(N)=O)cc1. The van der Waals surface area contributed by atoms with Crippen molar-refractivity contribution < 1.29 is 14.3 Å². The standard InChI is InChI=1S/C12H16N2O3/c1-2-17-11(15)8-5-9-3-6-10(7-4-9)14-12(13)16/h3-4,6-7H,2,5,8H2,1H3,(H3,13,14,16). The summed E-state index contributed by atoms with van der Waals surface area (Å²) in [6, 6.07) is 6.56. The number of anilines is 1. The number of nitrogens with two attached hydrogens (primary N) is 1. The van der Waals surface area contributed by atoms with E-state index in [2.05, 4.69) is 5.32 Å². The number of urea groups is 1. The summed E-state index contributed by atoms with van der Waals surface area (Å²) in [6.07, 6.45) is 0.978. The molecule has 1 aromatic rings. The van der Waals surface area contributed by atoms with Crippen LogP contribution in [0.2, 0.25) is 0 Å². The molecule has 17 heavy (non-hydrogen) atoms. The number of rotatable bonds is 5. The van der Waals surface area contributed by atoms with Gasteiger partial charge in [-0.05, 0) is 31.0 Å². The Morgan fingerprint density at radius 2 is 1.94 bits per heavy atom. The van der Waals surface area contributed by atoms with E-state index in [1.807, 2.05) is 12.1 Å². The molecule has 0 atom stereocenters. The van der Waals surface area contributed by atoms with E-state index in [-0.39, 0.29) is 5.97 Å². The summed E-state index contributed by atoms with van der Waals surface area (Å²) >= 11 is 0. The Bertz CT molecular complexity index is 387. The molecule has 3 N–H and O–H groups in total. The first-order valence-corrected chi connectivity index (χ1v) is 5.43. The van der Waals surface area contributed by atoms with E-state index in [4.69, 9.17) is 10.5 Å². The Balaban J connectivity index is 2.45. The van der Waals surface area contributed by atoms with E-state index in [1.165, 1.54) is 0 Å². The van der Waals surface area contributed by atoms with Crippen LogP contribution in [0.25, 0.3) is 0 Å². The van der Waals surface area contributed by atoms with Crippen LogP contribution in [0.15, 0.2) is 24.3 Å². The molecule has 0 fully saturated rings. The first-order chi connectivity index (χ1) is 8.11. The summed E-state index contributed by atoms with van der Waals surface area (Å²) in [6.45, 7) is 2.18. The largest absolute Gasteiger partial charge is 0.466 e. The zero-order chi connectivity index (χ0) is 12.7. The second kappa shape index (κ2) is 6.52. The van der Waals surface area contributed by atoms with E-state index in [1.54, 1.807) is 19.1 Å². The summed E-state index contributed by atoms with van der Waals surface area (Å²) in [4.78, 5) is 21.7. The van der Waals surface area contributed by atoms with Gasteiger partial charge in [-0.25, -0.2) is 4.79 Å². The first kappa shape index (κ1) is 13.0. The lowest BCUT2D eigenvalue weighted by molar-refractivity contribution is -0.143. The van der Waals surface area contributed by atoms with Crippen LogP contribution >= 0.6 is 0 Å². The van der Waals surface area contributed by atoms with Gasteiger partial charge < -0.3 is 15.8 Å². The van der Waals surface area contributed by atoms with Crippen LogP contribution in [0.4, 0.5) is 10.5 Å². The van der Waals surface area contributed by atoms with Crippen molar-refractivity contribution in [3.63, 3.8) is 0 Å². The van der Waals surface area contributed by atoms with Crippen LogP contribution in [-0.4, -0.2) is 18.6 Å². The van der Waals surface area contributed by atoms with E-state index in [0.29, 0.717) is 25.1 Å². The van der Waals surface area contributed by atoms with Gasteiger partial charge in [0.05, 0.1) is 6.61 Å². The highest BCUT2D eigenvalue weighted by molar-refractivity contribution is 5.87. The minimum absolute atomic E-state index is 0.202. The van der Waals surface area contributed by atoms with Crippen molar-refractivity contribution in [3.8, 4) is 0 Å². The average Bonchev–Trinajstić information content (AvgIpc) is 2.28. The third kappa shape index (κ3) is 5.01. The summed E-state index contributed by atoms with van der Waals surface area (Å²) in [5, 5.41) is 2.46. The summed E-state index contributed by atoms with van der Waals surface area (Å²) in [5.74, 6) is -0.202. The second-order valence-electron chi connectivity index (χ2n) is 3.49. The van der Waals surface area contributed by atoms with Gasteiger partial charge in [0.25, 0.3) is 0 Å². The van der Waals surface area contributed by atoms with E-state index >= 15 is 0 Å². The molecule has 0 unspecified atom stereocenters. The number of primary amides is 1. The van der Waals surface area contributed by atoms with E-state index in [9.17, 15) is 9.59 Å². The smallest absolute Gasteiger partial charge is 0.316 e. The van der Waals surface area contributed by atoms with Gasteiger partial charge in [-0.1, -0.05) is 12.1 Å². The lowest BCUT2D eigenvalue weighted by atomic mass is 10.1. The Morgan fingerprint density at radius 1 is 1.29 bits per heavy atom. The molecular weight excluding hydrogens is 220 g/mol. The predicted molar refractivity (Wildman–Crippen MR) is 64.6 cm³/mol. The van der Waals surface area contributed by atoms with E-state index < -0.39 is 6.03 Å². The molecule has 1 rings (SSSR count). The molecule has 0 bridgehead atoms. The third-order valence-electron chi connectivity index (χ3n) is 2.14. The zero-order valence-electron chi connectivity index (χ0n) is 9.73. The Kier molecular flexibility index (Phi) is 5.00. The van der Waals surface area contributed by atoms with Crippen LogP contribution in [0.3, 0.4) is 0 Å². The van der Waals surface area contributed by atoms with Gasteiger partial charge in [-0.3, -0.25) is 4.79 Å². The van der Waals surface area contributed by atoms with Crippen molar-refractivity contribution in [2.45, 2.75) is 19.8 Å². The normalized spacial score (nSPS) is 9.71. The fraction of sp³-hybridized carbons (Fsp3) is 0.333. The fourth-order valence-corrected chi connectivity index (χ4v) is 1.38. The molecular formula is C12H16N2O3. The average molecular weight is 236 g/mol. The quantitative estimate of drug-likeness (QED) is 0.763. The number of ether oxygens (including phenoxy) is 1. The number of amides is 2. The lowest BCUT2D eigenvalue weighted by Gasteiger charge is -2.04. The van der Waals surface area contributed by atoms with Crippen LogP contribution in [0, 0.1) is 0 Å². The van der Waals surface area contributed by atoms with Gasteiger partial charge in [-0.2, -0.15) is 0 Å². The predicted octanol–water partition coefficient (Wildman–Crippen LogP) is 1.67.